The van der Waals surface area contributed by atoms with Crippen LogP contribution in [0.4, 0.5) is 0 Å². The molecule has 3 nitrogen and oxygen atoms in total. The molecule has 0 saturated carbocycles. The lowest BCUT2D eigenvalue weighted by Crippen LogP contribution is -2.14. The van der Waals surface area contributed by atoms with E-state index in [0.29, 0.717) is 5.02 Å². The highest BCUT2D eigenvalue weighted by Crippen LogP contribution is 2.16. The van der Waals surface area contributed by atoms with Crippen LogP contribution in [0.3, 0.4) is 0 Å². The first kappa shape index (κ1) is 10.8. The summed E-state index contributed by atoms with van der Waals surface area (Å²) in [5, 5.41) is 8.91. The average Bonchev–Trinajstić information content (AvgIpc) is 2.16. The van der Waals surface area contributed by atoms with Gasteiger partial charge >= 0.3 is 0 Å². The van der Waals surface area contributed by atoms with Crippen LogP contribution >= 0.6 is 11.6 Å². The third kappa shape index (κ3) is 2.87. The van der Waals surface area contributed by atoms with Gasteiger partial charge in [-0.05, 0) is 36.3 Å². The predicted molar refractivity (Wildman–Crippen MR) is 55.2 cm³/mol. The summed E-state index contributed by atoms with van der Waals surface area (Å²) < 4.78 is 0. The molecule has 2 N–H and O–H groups in total. The Morgan fingerprint density at radius 2 is 2.29 bits per heavy atom. The molecule has 0 spiro atoms. The lowest BCUT2D eigenvalue weighted by Gasteiger charge is -1.99. The summed E-state index contributed by atoms with van der Waals surface area (Å²) in [7, 11) is 0. The molecule has 1 rings (SSSR count). The Morgan fingerprint density at radius 1 is 1.57 bits per heavy atom. The predicted octanol–water partition coefficient (Wildman–Crippen LogP) is 2.17. The summed E-state index contributed by atoms with van der Waals surface area (Å²) >= 11 is 5.76. The summed E-state index contributed by atoms with van der Waals surface area (Å²) in [5.74, 6) is -0.556. The van der Waals surface area contributed by atoms with E-state index >= 15 is 0 Å². The van der Waals surface area contributed by atoms with Crippen molar-refractivity contribution in [2.75, 3.05) is 0 Å². The first-order chi connectivity index (χ1) is 6.63. The fraction of sp³-hybridized carbons (Fsp3) is 0.100. The van der Waals surface area contributed by atoms with E-state index in [1.54, 1.807) is 24.3 Å². The second-order valence-electron chi connectivity index (χ2n) is 2.81. The van der Waals surface area contributed by atoms with Crippen molar-refractivity contribution in [3.63, 3.8) is 0 Å². The van der Waals surface area contributed by atoms with E-state index in [0.717, 1.165) is 11.1 Å². The minimum Gasteiger partial charge on any atom is -0.288 e. The SMILES string of the molecule is Cc1cc(Cl)ccc1C=CC(=O)NO. The first-order valence-electron chi connectivity index (χ1n) is 4.02. The van der Waals surface area contributed by atoms with E-state index in [1.807, 2.05) is 6.92 Å². The molecular formula is C10H10ClNO2. The standard InChI is InChI=1S/C10H10ClNO2/c1-7-6-9(11)4-2-8(7)3-5-10(13)12-14/h2-6,14H,1H3,(H,12,13). The minimum absolute atomic E-state index is 0.556. The van der Waals surface area contributed by atoms with Crippen molar-refractivity contribution >= 4 is 23.6 Å². The fourth-order valence-corrected chi connectivity index (χ4v) is 1.26. The molecule has 0 radical (unpaired) electrons. The summed E-state index contributed by atoms with van der Waals surface area (Å²) in [6, 6.07) is 5.35. The third-order valence-corrected chi connectivity index (χ3v) is 1.99. The van der Waals surface area contributed by atoms with Crippen molar-refractivity contribution in [2.24, 2.45) is 0 Å². The molecular weight excluding hydrogens is 202 g/mol. The Kier molecular flexibility index (Phi) is 3.68. The van der Waals surface area contributed by atoms with E-state index in [1.165, 1.54) is 11.6 Å². The number of halogens is 1. The van der Waals surface area contributed by atoms with Gasteiger partial charge in [0.25, 0.3) is 5.91 Å². The molecule has 0 aliphatic heterocycles. The van der Waals surface area contributed by atoms with Gasteiger partial charge in [-0.1, -0.05) is 17.7 Å². The third-order valence-electron chi connectivity index (χ3n) is 1.76. The number of rotatable bonds is 2. The Bertz CT molecular complexity index is 374. The Balaban J connectivity index is 2.87. The molecule has 1 amide bonds. The van der Waals surface area contributed by atoms with E-state index in [-0.39, 0.29) is 0 Å². The largest absolute Gasteiger partial charge is 0.288 e. The van der Waals surface area contributed by atoms with Crippen LogP contribution in [0, 0.1) is 6.92 Å². The quantitative estimate of drug-likeness (QED) is 0.448. The molecule has 0 bridgehead atoms. The monoisotopic (exact) mass is 211 g/mol. The molecule has 74 valence electrons. The summed E-state index contributed by atoms with van der Waals surface area (Å²) in [6.45, 7) is 1.89. The van der Waals surface area contributed by atoms with Gasteiger partial charge in [0.2, 0.25) is 0 Å². The molecule has 0 aliphatic carbocycles. The van der Waals surface area contributed by atoms with Gasteiger partial charge in [-0.15, -0.1) is 0 Å². The second kappa shape index (κ2) is 4.79. The van der Waals surface area contributed by atoms with E-state index in [9.17, 15) is 4.79 Å². The smallest absolute Gasteiger partial charge is 0.267 e. The number of hydrogen-bond acceptors (Lipinski definition) is 2. The topological polar surface area (TPSA) is 49.3 Å². The average molecular weight is 212 g/mol. The Labute approximate surface area is 87.0 Å². The van der Waals surface area contributed by atoms with Crippen molar-refractivity contribution in [1.29, 1.82) is 0 Å². The number of amides is 1. The van der Waals surface area contributed by atoms with E-state index in [4.69, 9.17) is 16.8 Å². The summed E-state index contributed by atoms with van der Waals surface area (Å²) in [5.41, 5.74) is 3.37. The maximum absolute atomic E-state index is 10.7. The van der Waals surface area contributed by atoms with Crippen LogP contribution in [0.2, 0.25) is 5.02 Å². The number of aryl methyl sites for hydroxylation is 1. The van der Waals surface area contributed by atoms with Crippen LogP contribution in [-0.2, 0) is 4.79 Å². The van der Waals surface area contributed by atoms with Crippen LogP contribution in [0.5, 0.6) is 0 Å². The van der Waals surface area contributed by atoms with Gasteiger partial charge in [-0.25, -0.2) is 5.48 Å². The molecule has 0 heterocycles. The number of benzene rings is 1. The van der Waals surface area contributed by atoms with Crippen molar-refractivity contribution in [3.8, 4) is 0 Å². The molecule has 0 saturated heterocycles. The molecule has 1 aromatic rings. The van der Waals surface area contributed by atoms with Gasteiger partial charge in [0.05, 0.1) is 0 Å². The second-order valence-corrected chi connectivity index (χ2v) is 3.25. The van der Waals surface area contributed by atoms with Crippen LogP contribution in [-0.4, -0.2) is 11.1 Å². The summed E-state index contributed by atoms with van der Waals surface area (Å²) in [6.07, 6.45) is 2.85. The lowest BCUT2D eigenvalue weighted by molar-refractivity contribution is -0.124. The number of hydrogen-bond donors (Lipinski definition) is 2. The zero-order valence-corrected chi connectivity index (χ0v) is 8.38. The maximum atomic E-state index is 10.7. The normalized spacial score (nSPS) is 10.5. The molecule has 0 unspecified atom stereocenters. The number of hydroxylamine groups is 1. The van der Waals surface area contributed by atoms with E-state index < -0.39 is 5.91 Å². The summed E-state index contributed by atoms with van der Waals surface area (Å²) in [4.78, 5) is 10.7. The van der Waals surface area contributed by atoms with Gasteiger partial charge in [0, 0.05) is 11.1 Å². The molecule has 0 fully saturated rings. The van der Waals surface area contributed by atoms with Gasteiger partial charge in [0.15, 0.2) is 0 Å². The number of carbonyl (C=O) groups excluding carboxylic acids is 1. The molecule has 1 aromatic carbocycles. The Hall–Kier alpha value is -1.32. The van der Waals surface area contributed by atoms with Crippen molar-refractivity contribution in [1.82, 2.24) is 5.48 Å². The molecule has 14 heavy (non-hydrogen) atoms. The van der Waals surface area contributed by atoms with Crippen LogP contribution in [0.1, 0.15) is 11.1 Å². The number of nitrogens with one attached hydrogen (secondary N) is 1. The van der Waals surface area contributed by atoms with E-state index in [2.05, 4.69) is 0 Å². The first-order valence-corrected chi connectivity index (χ1v) is 4.39. The minimum atomic E-state index is -0.556. The van der Waals surface area contributed by atoms with Crippen molar-refractivity contribution in [3.05, 3.63) is 40.4 Å². The van der Waals surface area contributed by atoms with Gasteiger partial charge in [-0.2, -0.15) is 0 Å². The fourth-order valence-electron chi connectivity index (χ4n) is 1.03. The highest BCUT2D eigenvalue weighted by Gasteiger charge is 1.96. The van der Waals surface area contributed by atoms with Gasteiger partial charge < -0.3 is 0 Å². The Morgan fingerprint density at radius 3 is 2.86 bits per heavy atom. The lowest BCUT2D eigenvalue weighted by atomic mass is 10.1. The van der Waals surface area contributed by atoms with Crippen LogP contribution in [0.25, 0.3) is 6.08 Å². The molecule has 0 aliphatic rings. The molecule has 0 atom stereocenters. The molecule has 0 aromatic heterocycles. The van der Waals surface area contributed by atoms with Gasteiger partial charge in [-0.3, -0.25) is 10.0 Å². The zero-order chi connectivity index (χ0) is 10.6. The zero-order valence-electron chi connectivity index (χ0n) is 7.62. The van der Waals surface area contributed by atoms with Crippen molar-refractivity contribution < 1.29 is 10.0 Å². The van der Waals surface area contributed by atoms with Crippen LogP contribution in [0.15, 0.2) is 24.3 Å². The maximum Gasteiger partial charge on any atom is 0.267 e. The highest BCUT2D eigenvalue weighted by atomic mass is 35.5. The van der Waals surface area contributed by atoms with Crippen LogP contribution < -0.4 is 5.48 Å². The molecule has 4 heteroatoms. The highest BCUT2D eigenvalue weighted by molar-refractivity contribution is 6.30. The van der Waals surface area contributed by atoms with Gasteiger partial charge in [0.1, 0.15) is 0 Å². The van der Waals surface area contributed by atoms with Crippen molar-refractivity contribution in [2.45, 2.75) is 6.92 Å². The number of carbonyl (C=O) groups is 1.